The van der Waals surface area contributed by atoms with Gasteiger partial charge in [0.25, 0.3) is 5.91 Å². The van der Waals surface area contributed by atoms with Gasteiger partial charge in [0.15, 0.2) is 0 Å². The molecule has 0 saturated carbocycles. The van der Waals surface area contributed by atoms with Crippen molar-refractivity contribution in [2.75, 3.05) is 0 Å². The minimum atomic E-state index is -0.999. The third kappa shape index (κ3) is 7.68. The van der Waals surface area contributed by atoms with Crippen molar-refractivity contribution in [1.82, 2.24) is 16.2 Å². The zero-order valence-electron chi connectivity index (χ0n) is 15.4. The minimum Gasteiger partial charge on any atom is -0.506 e. The standard InChI is InChI=1S/C19H19I2N3O5/c1-11(25)23-24-18(27)16(9-13-7-14(20)17(26)15(21)8-13)22-19(28)29-10-12-5-3-2-4-6-12/h2-8,16,26H,9-10H2,1H3,(H,22,28)(H,23,25)(H,24,27)/t16-/m0/s1. The van der Waals surface area contributed by atoms with Crippen LogP contribution < -0.4 is 16.2 Å². The Morgan fingerprint density at radius 1 is 1.03 bits per heavy atom. The third-order valence-electron chi connectivity index (χ3n) is 3.70. The predicted molar refractivity (Wildman–Crippen MR) is 123 cm³/mol. The van der Waals surface area contributed by atoms with E-state index in [1.54, 1.807) is 12.1 Å². The lowest BCUT2D eigenvalue weighted by atomic mass is 10.1. The number of phenolic OH excluding ortho intramolecular Hbond substituents is 1. The van der Waals surface area contributed by atoms with E-state index in [0.29, 0.717) is 7.14 Å². The number of alkyl carbamates (subject to hydrolysis) is 1. The van der Waals surface area contributed by atoms with Gasteiger partial charge < -0.3 is 15.2 Å². The maximum Gasteiger partial charge on any atom is 0.408 e. The number of ether oxygens (including phenoxy) is 1. The minimum absolute atomic E-state index is 0.0573. The molecule has 0 aliphatic rings. The zero-order chi connectivity index (χ0) is 21.4. The van der Waals surface area contributed by atoms with Crippen molar-refractivity contribution in [3.63, 3.8) is 0 Å². The first-order valence-electron chi connectivity index (χ1n) is 8.46. The van der Waals surface area contributed by atoms with E-state index in [4.69, 9.17) is 4.74 Å². The Bertz CT molecular complexity index is 870. The molecule has 0 spiro atoms. The molecular weight excluding hydrogens is 604 g/mol. The lowest BCUT2D eigenvalue weighted by molar-refractivity contribution is -0.129. The highest BCUT2D eigenvalue weighted by molar-refractivity contribution is 14.1. The second-order valence-electron chi connectivity index (χ2n) is 6.04. The van der Waals surface area contributed by atoms with E-state index in [2.05, 4.69) is 16.2 Å². The lowest BCUT2D eigenvalue weighted by Crippen LogP contribution is -2.52. The van der Waals surface area contributed by atoms with E-state index in [1.165, 1.54) is 6.92 Å². The molecule has 1 atom stereocenters. The highest BCUT2D eigenvalue weighted by Crippen LogP contribution is 2.27. The fraction of sp³-hybridized carbons (Fsp3) is 0.211. The second-order valence-corrected chi connectivity index (χ2v) is 8.37. The van der Waals surface area contributed by atoms with Gasteiger partial charge in [-0.15, -0.1) is 0 Å². The second kappa shape index (κ2) is 11.2. The van der Waals surface area contributed by atoms with Crippen LogP contribution in [0, 0.1) is 7.14 Å². The molecule has 0 radical (unpaired) electrons. The molecular formula is C19H19I2N3O5. The van der Waals surface area contributed by atoms with Gasteiger partial charge in [0.2, 0.25) is 5.91 Å². The van der Waals surface area contributed by atoms with E-state index < -0.39 is 23.9 Å². The Morgan fingerprint density at radius 2 is 1.66 bits per heavy atom. The fourth-order valence-corrected chi connectivity index (χ4v) is 4.22. The topological polar surface area (TPSA) is 117 Å². The van der Waals surface area contributed by atoms with Crippen LogP contribution in [-0.2, 0) is 27.4 Å². The van der Waals surface area contributed by atoms with Gasteiger partial charge in [0.1, 0.15) is 18.4 Å². The zero-order valence-corrected chi connectivity index (χ0v) is 19.7. The van der Waals surface area contributed by atoms with Crippen molar-refractivity contribution in [3.8, 4) is 5.75 Å². The summed E-state index contributed by atoms with van der Waals surface area (Å²) in [6.07, 6.45) is -0.627. The Balaban J connectivity index is 2.08. The van der Waals surface area contributed by atoms with Gasteiger partial charge in [0, 0.05) is 13.3 Å². The Morgan fingerprint density at radius 3 is 2.24 bits per heavy atom. The number of benzene rings is 2. The van der Waals surface area contributed by atoms with Crippen LogP contribution in [-0.4, -0.2) is 29.1 Å². The molecule has 0 fully saturated rings. The highest BCUT2D eigenvalue weighted by Gasteiger charge is 2.23. The monoisotopic (exact) mass is 623 g/mol. The van der Waals surface area contributed by atoms with Crippen molar-refractivity contribution in [3.05, 3.63) is 60.7 Å². The molecule has 29 heavy (non-hydrogen) atoms. The van der Waals surface area contributed by atoms with Crippen molar-refractivity contribution < 1.29 is 24.2 Å². The van der Waals surface area contributed by atoms with Gasteiger partial charge in [-0.1, -0.05) is 30.3 Å². The van der Waals surface area contributed by atoms with Crippen LogP contribution in [0.25, 0.3) is 0 Å². The van der Waals surface area contributed by atoms with Gasteiger partial charge in [-0.3, -0.25) is 20.4 Å². The molecule has 0 unspecified atom stereocenters. The average Bonchev–Trinajstić information content (AvgIpc) is 2.68. The number of halogens is 2. The molecule has 8 nitrogen and oxygen atoms in total. The van der Waals surface area contributed by atoms with E-state index in [0.717, 1.165) is 11.1 Å². The number of carbonyl (C=O) groups excluding carboxylic acids is 3. The smallest absolute Gasteiger partial charge is 0.408 e. The summed E-state index contributed by atoms with van der Waals surface area (Å²) in [4.78, 5) is 35.7. The summed E-state index contributed by atoms with van der Waals surface area (Å²) in [5.41, 5.74) is 6.00. The number of carbonyl (C=O) groups is 3. The predicted octanol–water partition coefficient (Wildman–Crippen LogP) is 2.61. The first kappa shape index (κ1) is 23.2. The first-order valence-corrected chi connectivity index (χ1v) is 10.6. The van der Waals surface area contributed by atoms with Crippen LogP contribution in [0.3, 0.4) is 0 Å². The number of amides is 3. The summed E-state index contributed by atoms with van der Waals surface area (Å²) < 4.78 is 6.42. The Kier molecular flexibility index (Phi) is 8.95. The number of hydrogen-bond acceptors (Lipinski definition) is 5. The highest BCUT2D eigenvalue weighted by atomic mass is 127. The molecule has 0 aliphatic carbocycles. The summed E-state index contributed by atoms with van der Waals surface area (Å²) in [5, 5.41) is 12.4. The molecule has 4 N–H and O–H groups in total. The van der Waals surface area contributed by atoms with E-state index in [1.807, 2.05) is 75.5 Å². The molecule has 10 heteroatoms. The Hall–Kier alpha value is -2.09. The van der Waals surface area contributed by atoms with Crippen molar-refractivity contribution in [2.45, 2.75) is 26.0 Å². The quantitative estimate of drug-likeness (QED) is 0.292. The van der Waals surface area contributed by atoms with Gasteiger partial charge >= 0.3 is 6.09 Å². The van der Waals surface area contributed by atoms with Gasteiger partial charge in [-0.25, -0.2) is 4.79 Å². The summed E-state index contributed by atoms with van der Waals surface area (Å²) in [6, 6.07) is 11.6. The van der Waals surface area contributed by atoms with Gasteiger partial charge in [-0.2, -0.15) is 0 Å². The first-order chi connectivity index (χ1) is 13.8. The van der Waals surface area contributed by atoms with Crippen LogP contribution in [0.5, 0.6) is 5.75 Å². The van der Waals surface area contributed by atoms with Crippen LogP contribution in [0.4, 0.5) is 4.79 Å². The van der Waals surface area contributed by atoms with Gasteiger partial charge in [0.05, 0.1) is 7.14 Å². The van der Waals surface area contributed by atoms with E-state index in [9.17, 15) is 19.5 Å². The number of aromatic hydroxyl groups is 1. The maximum atomic E-state index is 12.4. The molecule has 2 aromatic carbocycles. The molecule has 154 valence electrons. The van der Waals surface area contributed by atoms with Crippen LogP contribution in [0.15, 0.2) is 42.5 Å². The molecule has 0 aromatic heterocycles. The van der Waals surface area contributed by atoms with Crippen LogP contribution >= 0.6 is 45.2 Å². The van der Waals surface area contributed by atoms with Crippen molar-refractivity contribution in [2.24, 2.45) is 0 Å². The summed E-state index contributed by atoms with van der Waals surface area (Å²) >= 11 is 3.97. The third-order valence-corrected chi connectivity index (χ3v) is 5.34. The largest absolute Gasteiger partial charge is 0.506 e. The number of hydrogen-bond donors (Lipinski definition) is 4. The molecule has 0 aliphatic heterocycles. The number of nitrogens with one attached hydrogen (secondary N) is 3. The fourth-order valence-electron chi connectivity index (χ4n) is 2.32. The molecule has 3 amide bonds. The SMILES string of the molecule is CC(=O)NNC(=O)[C@H](Cc1cc(I)c(O)c(I)c1)NC(=O)OCc1ccccc1. The maximum absolute atomic E-state index is 12.4. The molecule has 0 heterocycles. The van der Waals surface area contributed by atoms with Crippen LogP contribution in [0.2, 0.25) is 0 Å². The summed E-state index contributed by atoms with van der Waals surface area (Å²) in [6.45, 7) is 1.31. The van der Waals surface area contributed by atoms with Gasteiger partial charge in [-0.05, 0) is 68.4 Å². The summed E-state index contributed by atoms with van der Waals surface area (Å²) in [5.74, 6) is -0.892. The number of rotatable bonds is 6. The summed E-state index contributed by atoms with van der Waals surface area (Å²) in [7, 11) is 0. The molecule has 0 saturated heterocycles. The van der Waals surface area contributed by atoms with Crippen molar-refractivity contribution in [1.29, 1.82) is 0 Å². The Labute approximate surface area is 195 Å². The van der Waals surface area contributed by atoms with Crippen LogP contribution in [0.1, 0.15) is 18.1 Å². The molecule has 2 aromatic rings. The molecule has 2 rings (SSSR count). The number of hydrazine groups is 1. The lowest BCUT2D eigenvalue weighted by Gasteiger charge is -2.19. The van der Waals surface area contributed by atoms with Crippen molar-refractivity contribution >= 4 is 63.1 Å². The average molecular weight is 623 g/mol. The van der Waals surface area contributed by atoms with E-state index in [-0.39, 0.29) is 18.8 Å². The normalized spacial score (nSPS) is 11.3. The van der Waals surface area contributed by atoms with E-state index >= 15 is 0 Å². The number of phenols is 1. The molecule has 0 bridgehead atoms.